The third kappa shape index (κ3) is 5.04. The van der Waals surface area contributed by atoms with Crippen LogP contribution in [0.25, 0.3) is 121 Å². The highest BCUT2D eigenvalue weighted by Gasteiger charge is 2.19. The number of aromatic nitrogens is 3. The maximum atomic E-state index is 5.44. The Kier molecular flexibility index (Phi) is 7.23. The van der Waals surface area contributed by atoms with Gasteiger partial charge in [0.1, 0.15) is 0 Å². The van der Waals surface area contributed by atoms with Crippen molar-refractivity contribution in [1.82, 2.24) is 15.0 Å². The lowest BCUT2D eigenvalue weighted by atomic mass is 9.89. The molecule has 268 valence electrons. The molecule has 3 aromatic heterocycles. The number of benzene rings is 9. The molecule has 0 saturated heterocycles. The molecular weight excluding hydrogens is 703 g/mol. The molecule has 0 saturated carbocycles. The number of hydrogen-bond donors (Lipinski definition) is 0. The van der Waals surface area contributed by atoms with Crippen molar-refractivity contribution in [1.29, 1.82) is 0 Å². The standard InChI is InChI=1S/C55H33N3/c1-2-13-34(14-3-1)48-31-27-35-25-26-36-28-32-50(58-55(36)54(35)56-48)44-30-29-39(40-17-4-5-18-41(40)44)37-15-12-16-38(33-37)53-52-46-22-9-7-20-43(46)42-19-6-8-21-45(42)51(52)47-23-10-11-24-49(47)57-53/h1-33H. The fourth-order valence-electron chi connectivity index (χ4n) is 9.13. The molecule has 3 heterocycles. The van der Waals surface area contributed by atoms with E-state index in [0.717, 1.165) is 72.0 Å². The summed E-state index contributed by atoms with van der Waals surface area (Å²) in [4.78, 5) is 15.9. The quantitative estimate of drug-likeness (QED) is 0.169. The molecule has 0 aliphatic rings. The average molecular weight is 736 g/mol. The molecule has 0 amide bonds. The summed E-state index contributed by atoms with van der Waals surface area (Å²) in [6.45, 7) is 0. The maximum absolute atomic E-state index is 5.44. The molecule has 0 aliphatic heterocycles. The van der Waals surface area contributed by atoms with Crippen molar-refractivity contribution < 1.29 is 0 Å². The zero-order valence-corrected chi connectivity index (χ0v) is 31.4. The predicted octanol–water partition coefficient (Wildman–Crippen LogP) is 14.6. The van der Waals surface area contributed by atoms with E-state index >= 15 is 0 Å². The predicted molar refractivity (Wildman–Crippen MR) is 244 cm³/mol. The fourth-order valence-corrected chi connectivity index (χ4v) is 9.13. The zero-order valence-electron chi connectivity index (χ0n) is 31.4. The van der Waals surface area contributed by atoms with Crippen LogP contribution in [0.5, 0.6) is 0 Å². The topological polar surface area (TPSA) is 38.7 Å². The lowest BCUT2D eigenvalue weighted by molar-refractivity contribution is 1.37. The van der Waals surface area contributed by atoms with Crippen molar-refractivity contribution in [2.45, 2.75) is 0 Å². The molecular formula is C55H33N3. The summed E-state index contributed by atoms with van der Waals surface area (Å²) in [5, 5.41) is 13.0. The van der Waals surface area contributed by atoms with Gasteiger partial charge in [0.15, 0.2) is 0 Å². The second-order valence-corrected chi connectivity index (χ2v) is 15.1. The molecule has 12 aromatic rings. The first-order chi connectivity index (χ1) is 28.8. The third-order valence-electron chi connectivity index (χ3n) is 11.8. The number of pyridine rings is 3. The van der Waals surface area contributed by atoms with E-state index < -0.39 is 0 Å². The van der Waals surface area contributed by atoms with E-state index in [-0.39, 0.29) is 0 Å². The van der Waals surface area contributed by atoms with E-state index in [1.807, 2.05) is 6.07 Å². The highest BCUT2D eigenvalue weighted by atomic mass is 14.8. The summed E-state index contributed by atoms with van der Waals surface area (Å²) in [7, 11) is 0. The van der Waals surface area contributed by atoms with Gasteiger partial charge in [-0.1, -0.05) is 176 Å². The van der Waals surface area contributed by atoms with Crippen LogP contribution in [-0.2, 0) is 0 Å². The molecule has 12 rings (SSSR count). The molecule has 0 N–H and O–H groups in total. The highest BCUT2D eigenvalue weighted by Crippen LogP contribution is 2.44. The molecule has 3 heteroatoms. The van der Waals surface area contributed by atoms with Crippen molar-refractivity contribution in [2.75, 3.05) is 0 Å². The SMILES string of the molecule is c1ccc(-c2ccc3ccc4ccc(-c5ccc(-c6cccc(-c7nc8ccccc8c8c9ccccc9c9ccccc9c78)c6)c6ccccc56)nc4c3n2)cc1. The summed E-state index contributed by atoms with van der Waals surface area (Å²) >= 11 is 0. The molecule has 0 spiro atoms. The van der Waals surface area contributed by atoms with E-state index in [1.165, 1.54) is 48.7 Å². The lowest BCUT2D eigenvalue weighted by Crippen LogP contribution is -1.94. The van der Waals surface area contributed by atoms with Crippen molar-refractivity contribution in [3.8, 4) is 44.9 Å². The van der Waals surface area contributed by atoms with Gasteiger partial charge in [-0.15, -0.1) is 0 Å². The van der Waals surface area contributed by atoms with Crippen LogP contribution in [0.3, 0.4) is 0 Å². The van der Waals surface area contributed by atoms with Gasteiger partial charge >= 0.3 is 0 Å². The van der Waals surface area contributed by atoms with Crippen LogP contribution in [0, 0.1) is 0 Å². The Morgan fingerprint density at radius 2 is 0.776 bits per heavy atom. The van der Waals surface area contributed by atoms with Crippen LogP contribution < -0.4 is 0 Å². The van der Waals surface area contributed by atoms with E-state index in [0.29, 0.717) is 0 Å². The summed E-state index contributed by atoms with van der Waals surface area (Å²) in [5.41, 5.74) is 11.3. The lowest BCUT2D eigenvalue weighted by Gasteiger charge is -2.17. The smallest absolute Gasteiger partial charge is 0.0972 e. The summed E-state index contributed by atoms with van der Waals surface area (Å²) < 4.78 is 0. The van der Waals surface area contributed by atoms with Gasteiger partial charge in [-0.2, -0.15) is 0 Å². The molecule has 0 radical (unpaired) electrons. The largest absolute Gasteiger partial charge is 0.247 e. The minimum absolute atomic E-state index is 0.907. The molecule has 0 fully saturated rings. The summed E-state index contributed by atoms with van der Waals surface area (Å²) in [6.07, 6.45) is 0. The van der Waals surface area contributed by atoms with Gasteiger partial charge in [0.25, 0.3) is 0 Å². The molecule has 0 atom stereocenters. The minimum atomic E-state index is 0.907. The molecule has 3 nitrogen and oxygen atoms in total. The van der Waals surface area contributed by atoms with Gasteiger partial charge in [0, 0.05) is 43.6 Å². The number of nitrogens with zero attached hydrogens (tertiary/aromatic N) is 3. The Morgan fingerprint density at radius 1 is 0.276 bits per heavy atom. The van der Waals surface area contributed by atoms with Gasteiger partial charge in [-0.3, -0.25) is 0 Å². The Morgan fingerprint density at radius 3 is 1.50 bits per heavy atom. The van der Waals surface area contributed by atoms with E-state index in [1.54, 1.807) is 0 Å². The molecule has 0 bridgehead atoms. The van der Waals surface area contributed by atoms with Gasteiger partial charge in [0.2, 0.25) is 0 Å². The highest BCUT2D eigenvalue weighted by molar-refractivity contribution is 6.33. The Balaban J connectivity index is 1.04. The van der Waals surface area contributed by atoms with Crippen LogP contribution in [0.15, 0.2) is 200 Å². The summed E-state index contributed by atoms with van der Waals surface area (Å²) in [5.74, 6) is 0. The first kappa shape index (κ1) is 32.5. The Bertz CT molecular complexity index is 3630. The Labute approximate surface area is 334 Å². The van der Waals surface area contributed by atoms with Crippen molar-refractivity contribution >= 4 is 75.8 Å². The number of para-hydroxylation sites is 1. The number of hydrogen-bond acceptors (Lipinski definition) is 3. The molecule has 58 heavy (non-hydrogen) atoms. The van der Waals surface area contributed by atoms with Crippen LogP contribution in [0.2, 0.25) is 0 Å². The third-order valence-corrected chi connectivity index (χ3v) is 11.8. The average Bonchev–Trinajstić information content (AvgIpc) is 3.30. The van der Waals surface area contributed by atoms with E-state index in [2.05, 4.69) is 194 Å². The number of fused-ring (bicyclic) bond motifs is 12. The zero-order chi connectivity index (χ0) is 38.2. The van der Waals surface area contributed by atoms with Gasteiger partial charge in [-0.25, -0.2) is 15.0 Å². The van der Waals surface area contributed by atoms with Crippen molar-refractivity contribution in [2.24, 2.45) is 0 Å². The molecule has 0 aliphatic carbocycles. The Hall–Kier alpha value is -7.75. The molecule has 9 aromatic carbocycles. The van der Waals surface area contributed by atoms with Crippen LogP contribution >= 0.6 is 0 Å². The normalized spacial score (nSPS) is 11.8. The van der Waals surface area contributed by atoms with Crippen LogP contribution in [0.4, 0.5) is 0 Å². The maximum Gasteiger partial charge on any atom is 0.0972 e. The van der Waals surface area contributed by atoms with Gasteiger partial charge < -0.3 is 0 Å². The number of rotatable bonds is 4. The summed E-state index contributed by atoms with van der Waals surface area (Å²) in [6, 6.07) is 71.4. The fraction of sp³-hybridized carbons (Fsp3) is 0. The van der Waals surface area contributed by atoms with Crippen LogP contribution in [0.1, 0.15) is 0 Å². The van der Waals surface area contributed by atoms with Crippen LogP contribution in [-0.4, -0.2) is 15.0 Å². The van der Waals surface area contributed by atoms with Crippen molar-refractivity contribution in [3.05, 3.63) is 200 Å². The molecule has 0 unspecified atom stereocenters. The second kappa shape index (κ2) is 12.9. The van der Waals surface area contributed by atoms with Gasteiger partial charge in [0.05, 0.1) is 33.6 Å². The monoisotopic (exact) mass is 735 g/mol. The minimum Gasteiger partial charge on any atom is -0.247 e. The first-order valence-corrected chi connectivity index (χ1v) is 19.8. The van der Waals surface area contributed by atoms with Crippen molar-refractivity contribution in [3.63, 3.8) is 0 Å². The van der Waals surface area contributed by atoms with E-state index in [9.17, 15) is 0 Å². The van der Waals surface area contributed by atoms with Gasteiger partial charge in [-0.05, 0) is 67.7 Å². The second-order valence-electron chi connectivity index (χ2n) is 15.1. The van der Waals surface area contributed by atoms with E-state index in [4.69, 9.17) is 15.0 Å². The first-order valence-electron chi connectivity index (χ1n) is 19.8.